The Kier molecular flexibility index (Phi) is 6.48. The summed E-state index contributed by atoms with van der Waals surface area (Å²) in [5.41, 5.74) is 2.56. The smallest absolute Gasteiger partial charge is 0.410 e. The number of ether oxygens (including phenoxy) is 1. The Labute approximate surface area is 188 Å². The zero-order valence-corrected chi connectivity index (χ0v) is 18.8. The Morgan fingerprint density at radius 2 is 1.78 bits per heavy atom. The first-order valence-corrected chi connectivity index (χ1v) is 12.2. The first-order valence-electron chi connectivity index (χ1n) is 10.7. The number of hydrogen-bond donors (Lipinski definition) is 1. The van der Waals surface area contributed by atoms with Gasteiger partial charge in [0.15, 0.2) is 0 Å². The van der Waals surface area contributed by atoms with Gasteiger partial charge in [0, 0.05) is 38.3 Å². The number of amides is 2. The van der Waals surface area contributed by atoms with Gasteiger partial charge >= 0.3 is 6.09 Å². The Morgan fingerprint density at radius 1 is 1.06 bits per heavy atom. The van der Waals surface area contributed by atoms with Gasteiger partial charge < -0.3 is 14.5 Å². The highest BCUT2D eigenvalue weighted by Crippen LogP contribution is 2.30. The summed E-state index contributed by atoms with van der Waals surface area (Å²) in [6.45, 7) is 3.15. The fourth-order valence-electron chi connectivity index (χ4n) is 4.15. The van der Waals surface area contributed by atoms with Crippen LogP contribution < -0.4 is 9.62 Å². The van der Waals surface area contributed by atoms with Crippen molar-refractivity contribution in [3.8, 4) is 0 Å². The van der Waals surface area contributed by atoms with Gasteiger partial charge in [-0.1, -0.05) is 30.3 Å². The number of nitrogens with zero attached hydrogens (tertiary/aromatic N) is 2. The highest BCUT2D eigenvalue weighted by Gasteiger charge is 2.29. The van der Waals surface area contributed by atoms with Gasteiger partial charge in [0.1, 0.15) is 6.61 Å². The molecule has 0 bridgehead atoms. The SMILES string of the molecule is CC(=O)N1CCc2cc(S(=O)(=O)NC3CCN(C(=O)OCc4ccccc4)CC3)ccc21. The van der Waals surface area contributed by atoms with E-state index in [1.165, 1.54) is 6.92 Å². The lowest BCUT2D eigenvalue weighted by molar-refractivity contribution is -0.116. The fourth-order valence-corrected chi connectivity index (χ4v) is 5.51. The predicted octanol–water partition coefficient (Wildman–Crippen LogP) is 2.68. The van der Waals surface area contributed by atoms with Crippen molar-refractivity contribution in [1.29, 1.82) is 0 Å². The van der Waals surface area contributed by atoms with Crippen LogP contribution in [0, 0.1) is 0 Å². The number of anilines is 1. The van der Waals surface area contributed by atoms with Crippen molar-refractivity contribution < 1.29 is 22.7 Å². The van der Waals surface area contributed by atoms with Crippen molar-refractivity contribution >= 4 is 27.7 Å². The van der Waals surface area contributed by atoms with E-state index in [-0.39, 0.29) is 29.5 Å². The molecule has 1 fully saturated rings. The molecule has 0 spiro atoms. The molecule has 8 nitrogen and oxygen atoms in total. The molecule has 32 heavy (non-hydrogen) atoms. The van der Waals surface area contributed by atoms with E-state index in [0.717, 1.165) is 16.8 Å². The summed E-state index contributed by atoms with van der Waals surface area (Å²) < 4.78 is 33.9. The van der Waals surface area contributed by atoms with E-state index in [0.29, 0.717) is 38.9 Å². The molecule has 2 aromatic rings. The minimum atomic E-state index is -3.69. The Hall–Kier alpha value is -2.91. The molecule has 2 aliphatic heterocycles. The van der Waals surface area contributed by atoms with E-state index in [9.17, 15) is 18.0 Å². The van der Waals surface area contributed by atoms with Crippen LogP contribution in [-0.4, -0.2) is 51.0 Å². The number of hydrogen-bond acceptors (Lipinski definition) is 5. The molecule has 0 aromatic heterocycles. The molecule has 0 atom stereocenters. The molecule has 2 amide bonds. The van der Waals surface area contributed by atoms with Gasteiger partial charge in [-0.2, -0.15) is 0 Å². The second-order valence-corrected chi connectivity index (χ2v) is 9.85. The third-order valence-corrected chi connectivity index (χ3v) is 7.44. The molecule has 2 heterocycles. The van der Waals surface area contributed by atoms with Crippen LogP contribution in [-0.2, 0) is 32.6 Å². The molecule has 1 N–H and O–H groups in total. The Morgan fingerprint density at radius 3 is 2.47 bits per heavy atom. The largest absolute Gasteiger partial charge is 0.445 e. The van der Waals surface area contributed by atoms with E-state index in [1.54, 1.807) is 28.0 Å². The fraction of sp³-hybridized carbons (Fsp3) is 0.391. The van der Waals surface area contributed by atoms with Crippen molar-refractivity contribution in [2.45, 2.75) is 43.7 Å². The van der Waals surface area contributed by atoms with Gasteiger partial charge in [-0.3, -0.25) is 4.79 Å². The second-order valence-electron chi connectivity index (χ2n) is 8.13. The first-order chi connectivity index (χ1) is 15.3. The zero-order chi connectivity index (χ0) is 22.7. The van der Waals surface area contributed by atoms with Crippen LogP contribution in [0.25, 0.3) is 0 Å². The molecular formula is C23H27N3O5S. The van der Waals surface area contributed by atoms with Crippen LogP contribution in [0.1, 0.15) is 30.9 Å². The lowest BCUT2D eigenvalue weighted by Gasteiger charge is -2.31. The number of carbonyl (C=O) groups excluding carboxylic acids is 2. The molecule has 2 aromatic carbocycles. The number of nitrogens with one attached hydrogen (secondary N) is 1. The van der Waals surface area contributed by atoms with Crippen molar-refractivity contribution in [3.63, 3.8) is 0 Å². The molecule has 0 saturated carbocycles. The number of piperidine rings is 1. The van der Waals surface area contributed by atoms with Gasteiger partial charge in [-0.15, -0.1) is 0 Å². The lowest BCUT2D eigenvalue weighted by atomic mass is 10.1. The molecule has 0 radical (unpaired) electrons. The molecule has 1 saturated heterocycles. The van der Waals surface area contributed by atoms with Gasteiger partial charge in [-0.25, -0.2) is 17.9 Å². The van der Waals surface area contributed by atoms with Gasteiger partial charge in [0.2, 0.25) is 15.9 Å². The summed E-state index contributed by atoms with van der Waals surface area (Å²) >= 11 is 0. The van der Waals surface area contributed by atoms with Crippen molar-refractivity contribution in [1.82, 2.24) is 9.62 Å². The molecule has 4 rings (SSSR count). The Balaban J connectivity index is 1.31. The molecular weight excluding hydrogens is 430 g/mol. The Bertz CT molecular complexity index is 1100. The highest BCUT2D eigenvalue weighted by molar-refractivity contribution is 7.89. The average Bonchev–Trinajstić information content (AvgIpc) is 3.22. The monoisotopic (exact) mass is 457 g/mol. The van der Waals surface area contributed by atoms with Crippen LogP contribution in [0.5, 0.6) is 0 Å². The summed E-state index contributed by atoms with van der Waals surface area (Å²) in [5.74, 6) is -0.0495. The van der Waals surface area contributed by atoms with E-state index in [2.05, 4.69) is 4.72 Å². The van der Waals surface area contributed by atoms with Gasteiger partial charge in [-0.05, 0) is 48.6 Å². The second kappa shape index (κ2) is 9.30. The first kappa shape index (κ1) is 22.3. The maximum absolute atomic E-state index is 12.9. The predicted molar refractivity (Wildman–Crippen MR) is 120 cm³/mol. The maximum atomic E-state index is 12.9. The highest BCUT2D eigenvalue weighted by atomic mass is 32.2. The van der Waals surface area contributed by atoms with Crippen molar-refractivity contribution in [3.05, 3.63) is 59.7 Å². The number of likely N-dealkylation sites (tertiary alicyclic amines) is 1. The normalized spacial score (nSPS) is 16.7. The summed E-state index contributed by atoms with van der Waals surface area (Å²) in [6.07, 6.45) is 1.29. The molecule has 170 valence electrons. The number of benzene rings is 2. The van der Waals surface area contributed by atoms with Crippen LogP contribution in [0.3, 0.4) is 0 Å². The van der Waals surface area contributed by atoms with E-state index in [4.69, 9.17) is 4.74 Å². The van der Waals surface area contributed by atoms with Crippen molar-refractivity contribution in [2.24, 2.45) is 0 Å². The van der Waals surface area contributed by atoms with Crippen LogP contribution >= 0.6 is 0 Å². The third kappa shape index (κ3) is 4.94. The third-order valence-electron chi connectivity index (χ3n) is 5.92. The van der Waals surface area contributed by atoms with Crippen LogP contribution in [0.15, 0.2) is 53.4 Å². The zero-order valence-electron chi connectivity index (χ0n) is 18.0. The van der Waals surface area contributed by atoms with Crippen LogP contribution in [0.2, 0.25) is 0 Å². The number of rotatable bonds is 5. The molecule has 0 unspecified atom stereocenters. The minimum Gasteiger partial charge on any atom is -0.445 e. The van der Waals surface area contributed by atoms with Gasteiger partial charge in [0.25, 0.3) is 0 Å². The van der Waals surface area contributed by atoms with E-state index >= 15 is 0 Å². The number of carbonyl (C=O) groups is 2. The lowest BCUT2D eigenvalue weighted by Crippen LogP contribution is -2.46. The van der Waals surface area contributed by atoms with E-state index in [1.807, 2.05) is 30.3 Å². The van der Waals surface area contributed by atoms with E-state index < -0.39 is 10.0 Å². The number of sulfonamides is 1. The van der Waals surface area contributed by atoms with Gasteiger partial charge in [0.05, 0.1) is 4.90 Å². The quantitative estimate of drug-likeness (QED) is 0.745. The summed E-state index contributed by atoms with van der Waals surface area (Å²) in [4.78, 5) is 27.5. The average molecular weight is 458 g/mol. The summed E-state index contributed by atoms with van der Waals surface area (Å²) in [6, 6.07) is 14.1. The molecule has 2 aliphatic rings. The van der Waals surface area contributed by atoms with Crippen molar-refractivity contribution in [2.75, 3.05) is 24.5 Å². The maximum Gasteiger partial charge on any atom is 0.410 e. The molecule has 0 aliphatic carbocycles. The summed E-state index contributed by atoms with van der Waals surface area (Å²) in [5, 5.41) is 0. The minimum absolute atomic E-state index is 0.0495. The van der Waals surface area contributed by atoms with Crippen LogP contribution in [0.4, 0.5) is 10.5 Å². The molecule has 9 heteroatoms. The number of fused-ring (bicyclic) bond motifs is 1. The topological polar surface area (TPSA) is 96.0 Å². The summed E-state index contributed by atoms with van der Waals surface area (Å²) in [7, 11) is -3.69. The standard InChI is InChI=1S/C23H27N3O5S/c1-17(27)26-14-9-19-15-21(7-8-22(19)26)32(29,30)24-20-10-12-25(13-11-20)23(28)31-16-18-5-3-2-4-6-18/h2-8,15,20,24H,9-14,16H2,1H3.